The first-order valence-electron chi connectivity index (χ1n) is 7.78. The summed E-state index contributed by atoms with van der Waals surface area (Å²) in [5.74, 6) is 2.52. The molecule has 0 aliphatic heterocycles. The van der Waals surface area contributed by atoms with Gasteiger partial charge in [0.05, 0.1) is 11.1 Å². The van der Waals surface area contributed by atoms with Crippen molar-refractivity contribution in [2.45, 2.75) is 38.3 Å². The zero-order valence-electron chi connectivity index (χ0n) is 13.6. The number of hydrogen-bond donors (Lipinski definition) is 1. The van der Waals surface area contributed by atoms with Crippen LogP contribution in [-0.2, 0) is 12.1 Å². The van der Waals surface area contributed by atoms with Crippen LogP contribution < -0.4 is 10.5 Å². The molecule has 1 aromatic carbocycles. The van der Waals surface area contributed by atoms with Crippen molar-refractivity contribution in [1.29, 1.82) is 0 Å². The largest absolute Gasteiger partial charge is 0.485 e. The number of halogens is 1. The zero-order chi connectivity index (χ0) is 16.6. The standard InChI is InChI=1S/C16H17N5O3.ClH/c1-10-18-13(20-23-10)9-22-12-6-3-2-5-11(12)14-19-15(21-24-14)16(17)7-4-8-16;/h2-3,5-6H,4,7-9,17H2,1H3;1H. The Morgan fingerprint density at radius 2 is 1.96 bits per heavy atom. The van der Waals surface area contributed by atoms with Crippen LogP contribution in [0.15, 0.2) is 33.3 Å². The molecule has 4 rings (SSSR count). The number of para-hydroxylation sites is 1. The van der Waals surface area contributed by atoms with E-state index in [1.54, 1.807) is 6.92 Å². The van der Waals surface area contributed by atoms with E-state index >= 15 is 0 Å². The molecule has 9 heteroatoms. The summed E-state index contributed by atoms with van der Waals surface area (Å²) in [6.07, 6.45) is 2.84. The number of aryl methyl sites for hydroxylation is 1. The molecule has 132 valence electrons. The molecule has 1 fully saturated rings. The van der Waals surface area contributed by atoms with Gasteiger partial charge in [0.2, 0.25) is 11.7 Å². The minimum Gasteiger partial charge on any atom is -0.485 e. The van der Waals surface area contributed by atoms with E-state index in [1.165, 1.54) is 0 Å². The van der Waals surface area contributed by atoms with E-state index in [1.807, 2.05) is 24.3 Å². The highest BCUT2D eigenvalue weighted by Crippen LogP contribution is 2.38. The predicted octanol–water partition coefficient (Wildman–Crippen LogP) is 2.77. The van der Waals surface area contributed by atoms with E-state index in [0.29, 0.717) is 34.7 Å². The van der Waals surface area contributed by atoms with Crippen molar-refractivity contribution in [1.82, 2.24) is 20.3 Å². The van der Waals surface area contributed by atoms with Gasteiger partial charge in [0, 0.05) is 6.92 Å². The van der Waals surface area contributed by atoms with Gasteiger partial charge in [-0.1, -0.05) is 22.4 Å². The number of aromatic nitrogens is 4. The highest BCUT2D eigenvalue weighted by atomic mass is 35.5. The minimum atomic E-state index is -0.459. The summed E-state index contributed by atoms with van der Waals surface area (Å²) >= 11 is 0. The summed E-state index contributed by atoms with van der Waals surface area (Å²) < 4.78 is 16.1. The van der Waals surface area contributed by atoms with Crippen LogP contribution in [0, 0.1) is 6.92 Å². The fraction of sp³-hybridized carbons (Fsp3) is 0.375. The molecular weight excluding hydrogens is 346 g/mol. The number of nitrogens with zero attached hydrogens (tertiary/aromatic N) is 4. The summed E-state index contributed by atoms with van der Waals surface area (Å²) in [6, 6.07) is 7.44. The van der Waals surface area contributed by atoms with Crippen molar-refractivity contribution < 1.29 is 13.8 Å². The molecule has 1 saturated carbocycles. The molecule has 25 heavy (non-hydrogen) atoms. The molecule has 0 unspecified atom stereocenters. The molecule has 2 heterocycles. The van der Waals surface area contributed by atoms with Gasteiger partial charge in [-0.25, -0.2) is 0 Å². The van der Waals surface area contributed by atoms with E-state index < -0.39 is 5.54 Å². The third kappa shape index (κ3) is 3.35. The van der Waals surface area contributed by atoms with Gasteiger partial charge < -0.3 is 19.5 Å². The van der Waals surface area contributed by atoms with Gasteiger partial charge in [-0.05, 0) is 31.4 Å². The van der Waals surface area contributed by atoms with Crippen molar-refractivity contribution in [2.75, 3.05) is 0 Å². The van der Waals surface area contributed by atoms with E-state index in [-0.39, 0.29) is 19.0 Å². The first-order chi connectivity index (χ1) is 11.6. The molecule has 2 N–H and O–H groups in total. The average Bonchev–Trinajstić information content (AvgIpc) is 3.20. The summed E-state index contributed by atoms with van der Waals surface area (Å²) in [4.78, 5) is 8.57. The van der Waals surface area contributed by atoms with Gasteiger partial charge in [0.15, 0.2) is 12.4 Å². The topological polar surface area (TPSA) is 113 Å². The van der Waals surface area contributed by atoms with Crippen LogP contribution in [-0.4, -0.2) is 20.3 Å². The maximum Gasteiger partial charge on any atom is 0.261 e. The Labute approximate surface area is 150 Å². The molecule has 0 bridgehead atoms. The summed E-state index contributed by atoms with van der Waals surface area (Å²) in [5, 5.41) is 7.85. The van der Waals surface area contributed by atoms with Gasteiger partial charge in [-0.2, -0.15) is 9.97 Å². The minimum absolute atomic E-state index is 0. The predicted molar refractivity (Wildman–Crippen MR) is 90.1 cm³/mol. The normalized spacial score (nSPS) is 15.3. The summed E-state index contributed by atoms with van der Waals surface area (Å²) in [5.41, 5.74) is 6.50. The van der Waals surface area contributed by atoms with Crippen molar-refractivity contribution in [3.63, 3.8) is 0 Å². The molecule has 0 spiro atoms. The Bertz CT molecular complexity index is 859. The Hall–Kier alpha value is -2.45. The van der Waals surface area contributed by atoms with E-state index in [2.05, 4.69) is 20.3 Å². The summed E-state index contributed by atoms with van der Waals surface area (Å²) in [6.45, 7) is 1.92. The smallest absolute Gasteiger partial charge is 0.261 e. The van der Waals surface area contributed by atoms with Crippen LogP contribution in [0.4, 0.5) is 0 Å². The van der Waals surface area contributed by atoms with Crippen molar-refractivity contribution in [2.24, 2.45) is 5.73 Å². The first kappa shape index (κ1) is 17.4. The molecule has 0 atom stereocenters. The molecule has 0 amide bonds. The lowest BCUT2D eigenvalue weighted by atomic mass is 9.77. The average molecular weight is 364 g/mol. The Balaban J connectivity index is 0.00000182. The molecule has 8 nitrogen and oxygen atoms in total. The highest BCUT2D eigenvalue weighted by molar-refractivity contribution is 5.85. The second-order valence-electron chi connectivity index (χ2n) is 5.95. The maximum absolute atomic E-state index is 6.25. The number of rotatable bonds is 5. The molecule has 1 aliphatic rings. The lowest BCUT2D eigenvalue weighted by Gasteiger charge is -2.34. The second-order valence-corrected chi connectivity index (χ2v) is 5.95. The van der Waals surface area contributed by atoms with Crippen LogP contribution in [0.1, 0.15) is 36.8 Å². The Morgan fingerprint density at radius 1 is 1.16 bits per heavy atom. The van der Waals surface area contributed by atoms with Gasteiger partial charge in [-0.3, -0.25) is 0 Å². The lowest BCUT2D eigenvalue weighted by Crippen LogP contribution is -2.44. The monoisotopic (exact) mass is 363 g/mol. The van der Waals surface area contributed by atoms with Crippen LogP contribution in [0.2, 0.25) is 0 Å². The SMILES string of the molecule is Cc1nc(COc2ccccc2-c2nc(C3(N)CCC3)no2)no1.Cl. The Morgan fingerprint density at radius 3 is 2.64 bits per heavy atom. The van der Waals surface area contributed by atoms with Gasteiger partial charge in [0.25, 0.3) is 5.89 Å². The fourth-order valence-electron chi connectivity index (χ4n) is 2.63. The number of ether oxygens (including phenoxy) is 1. The molecule has 2 aromatic heterocycles. The highest BCUT2D eigenvalue weighted by Gasteiger charge is 2.39. The van der Waals surface area contributed by atoms with Crippen LogP contribution in [0.5, 0.6) is 5.75 Å². The molecule has 3 aromatic rings. The fourth-order valence-corrected chi connectivity index (χ4v) is 2.63. The zero-order valence-corrected chi connectivity index (χ0v) is 14.5. The number of hydrogen-bond acceptors (Lipinski definition) is 8. The van der Waals surface area contributed by atoms with Gasteiger partial charge in [-0.15, -0.1) is 12.4 Å². The van der Waals surface area contributed by atoms with Crippen molar-refractivity contribution >= 4 is 12.4 Å². The van der Waals surface area contributed by atoms with E-state index in [4.69, 9.17) is 19.5 Å². The Kier molecular flexibility index (Phi) is 4.73. The van der Waals surface area contributed by atoms with Gasteiger partial charge >= 0.3 is 0 Å². The molecule has 1 aliphatic carbocycles. The maximum atomic E-state index is 6.25. The molecule has 0 saturated heterocycles. The van der Waals surface area contributed by atoms with Crippen LogP contribution in [0.25, 0.3) is 11.5 Å². The molecular formula is C16H18ClN5O3. The van der Waals surface area contributed by atoms with Crippen molar-refractivity contribution in [3.05, 3.63) is 41.8 Å². The molecule has 0 radical (unpaired) electrons. The number of benzene rings is 1. The van der Waals surface area contributed by atoms with E-state index in [0.717, 1.165) is 19.3 Å². The first-order valence-corrected chi connectivity index (χ1v) is 7.78. The third-order valence-electron chi connectivity index (χ3n) is 4.16. The van der Waals surface area contributed by atoms with Crippen molar-refractivity contribution in [3.8, 4) is 17.2 Å². The second kappa shape index (κ2) is 6.81. The quantitative estimate of drug-likeness (QED) is 0.736. The van der Waals surface area contributed by atoms with Crippen LogP contribution in [0.3, 0.4) is 0 Å². The summed E-state index contributed by atoms with van der Waals surface area (Å²) in [7, 11) is 0. The lowest BCUT2D eigenvalue weighted by molar-refractivity contribution is 0.229. The van der Waals surface area contributed by atoms with E-state index in [9.17, 15) is 0 Å². The van der Waals surface area contributed by atoms with Crippen LogP contribution >= 0.6 is 12.4 Å². The third-order valence-corrected chi connectivity index (χ3v) is 4.16. The van der Waals surface area contributed by atoms with Gasteiger partial charge in [0.1, 0.15) is 5.75 Å². The number of nitrogens with two attached hydrogens (primary N) is 1.